The van der Waals surface area contributed by atoms with Crippen LogP contribution in [-0.2, 0) is 11.3 Å². The van der Waals surface area contributed by atoms with Gasteiger partial charge in [-0.15, -0.1) is 11.3 Å². The van der Waals surface area contributed by atoms with E-state index >= 15 is 0 Å². The standard InChI is InChI=1S/C14H23N3O2S/c1-10-12(6-13(20-10)14(18)16-15)8-17(2)7-11-4-3-5-19-9-11/h6,11H,3-5,7-9,15H2,1-2H3,(H,16,18). The molecule has 2 heterocycles. The van der Waals surface area contributed by atoms with Gasteiger partial charge in [0.15, 0.2) is 0 Å². The minimum atomic E-state index is -0.215. The Kier molecular flexibility index (Phi) is 5.54. The molecule has 112 valence electrons. The highest BCUT2D eigenvalue weighted by Gasteiger charge is 2.17. The van der Waals surface area contributed by atoms with Crippen LogP contribution in [0.5, 0.6) is 0 Å². The van der Waals surface area contributed by atoms with Crippen LogP contribution in [0.3, 0.4) is 0 Å². The molecule has 0 aliphatic carbocycles. The predicted molar refractivity (Wildman–Crippen MR) is 80.6 cm³/mol. The molecule has 1 aromatic heterocycles. The fourth-order valence-corrected chi connectivity index (χ4v) is 3.54. The number of ether oxygens (including phenoxy) is 1. The van der Waals surface area contributed by atoms with Gasteiger partial charge in [-0.25, -0.2) is 5.84 Å². The molecule has 1 atom stereocenters. The van der Waals surface area contributed by atoms with E-state index in [2.05, 4.69) is 17.4 Å². The van der Waals surface area contributed by atoms with Crippen LogP contribution in [0, 0.1) is 12.8 Å². The molecule has 2 rings (SSSR count). The summed E-state index contributed by atoms with van der Waals surface area (Å²) in [4.78, 5) is 15.7. The van der Waals surface area contributed by atoms with Crippen LogP contribution in [-0.4, -0.2) is 37.6 Å². The maximum Gasteiger partial charge on any atom is 0.275 e. The summed E-state index contributed by atoms with van der Waals surface area (Å²) in [7, 11) is 2.12. The molecule has 6 heteroatoms. The summed E-state index contributed by atoms with van der Waals surface area (Å²) in [6.07, 6.45) is 2.41. The van der Waals surface area contributed by atoms with Crippen molar-refractivity contribution in [2.45, 2.75) is 26.3 Å². The number of amides is 1. The monoisotopic (exact) mass is 297 g/mol. The first-order chi connectivity index (χ1) is 9.60. The summed E-state index contributed by atoms with van der Waals surface area (Å²) >= 11 is 1.49. The minimum Gasteiger partial charge on any atom is -0.381 e. The first kappa shape index (κ1) is 15.4. The van der Waals surface area contributed by atoms with Crippen molar-refractivity contribution in [3.05, 3.63) is 21.4 Å². The molecular weight excluding hydrogens is 274 g/mol. The van der Waals surface area contributed by atoms with Gasteiger partial charge in [0.25, 0.3) is 5.91 Å². The zero-order valence-corrected chi connectivity index (χ0v) is 13.0. The number of carbonyl (C=O) groups is 1. The highest BCUT2D eigenvalue weighted by atomic mass is 32.1. The Bertz CT molecular complexity index is 455. The van der Waals surface area contributed by atoms with E-state index in [1.807, 2.05) is 13.0 Å². The van der Waals surface area contributed by atoms with Gasteiger partial charge >= 0.3 is 0 Å². The number of rotatable bonds is 5. The molecule has 1 saturated heterocycles. The highest BCUT2D eigenvalue weighted by Crippen LogP contribution is 2.23. The maximum absolute atomic E-state index is 11.5. The Morgan fingerprint density at radius 1 is 1.65 bits per heavy atom. The number of thiophene rings is 1. The van der Waals surface area contributed by atoms with Crippen LogP contribution in [0.4, 0.5) is 0 Å². The quantitative estimate of drug-likeness (QED) is 0.491. The van der Waals surface area contributed by atoms with Crippen LogP contribution < -0.4 is 11.3 Å². The van der Waals surface area contributed by atoms with Gasteiger partial charge < -0.3 is 9.64 Å². The molecule has 20 heavy (non-hydrogen) atoms. The third-order valence-electron chi connectivity index (χ3n) is 3.64. The lowest BCUT2D eigenvalue weighted by molar-refractivity contribution is 0.0411. The van der Waals surface area contributed by atoms with Gasteiger partial charge in [0.05, 0.1) is 11.5 Å². The summed E-state index contributed by atoms with van der Waals surface area (Å²) in [6.45, 7) is 5.71. The number of aryl methyl sites for hydroxylation is 1. The summed E-state index contributed by atoms with van der Waals surface area (Å²) in [5.41, 5.74) is 3.38. The van der Waals surface area contributed by atoms with Crippen molar-refractivity contribution in [3.8, 4) is 0 Å². The van der Waals surface area contributed by atoms with E-state index < -0.39 is 0 Å². The lowest BCUT2D eigenvalue weighted by atomic mass is 10.0. The topological polar surface area (TPSA) is 67.6 Å². The Hall–Kier alpha value is -0.950. The third kappa shape index (κ3) is 4.02. The molecule has 0 bridgehead atoms. The highest BCUT2D eigenvalue weighted by molar-refractivity contribution is 7.14. The molecule has 0 aromatic carbocycles. The van der Waals surface area contributed by atoms with E-state index in [1.165, 1.54) is 28.2 Å². The predicted octanol–water partition coefficient (Wildman–Crippen LogP) is 1.52. The Morgan fingerprint density at radius 3 is 3.10 bits per heavy atom. The van der Waals surface area contributed by atoms with Crippen LogP contribution in [0.15, 0.2) is 6.07 Å². The van der Waals surface area contributed by atoms with Gasteiger partial charge in [-0.05, 0) is 44.4 Å². The molecule has 3 N–H and O–H groups in total. The molecule has 0 radical (unpaired) electrons. The molecule has 0 saturated carbocycles. The smallest absolute Gasteiger partial charge is 0.275 e. The second-order valence-corrected chi connectivity index (χ2v) is 6.70. The largest absolute Gasteiger partial charge is 0.381 e. The zero-order valence-electron chi connectivity index (χ0n) is 12.1. The average Bonchev–Trinajstić information content (AvgIpc) is 2.80. The second kappa shape index (κ2) is 7.17. The van der Waals surface area contributed by atoms with Crippen molar-refractivity contribution in [2.24, 2.45) is 11.8 Å². The maximum atomic E-state index is 11.5. The SMILES string of the molecule is Cc1sc(C(=O)NN)cc1CN(C)CC1CCCOC1. The van der Waals surface area contributed by atoms with Crippen molar-refractivity contribution in [3.63, 3.8) is 0 Å². The van der Waals surface area contributed by atoms with E-state index in [-0.39, 0.29) is 5.91 Å². The second-order valence-electron chi connectivity index (χ2n) is 5.45. The van der Waals surface area contributed by atoms with Gasteiger partial charge in [0, 0.05) is 24.6 Å². The number of hydrazine groups is 1. The van der Waals surface area contributed by atoms with Crippen LogP contribution in [0.2, 0.25) is 0 Å². The third-order valence-corrected chi connectivity index (χ3v) is 4.73. The van der Waals surface area contributed by atoms with Crippen molar-refractivity contribution >= 4 is 17.2 Å². The zero-order chi connectivity index (χ0) is 14.5. The van der Waals surface area contributed by atoms with Gasteiger partial charge in [-0.1, -0.05) is 0 Å². The summed E-state index contributed by atoms with van der Waals surface area (Å²) in [5.74, 6) is 5.58. The number of hydrogen-bond donors (Lipinski definition) is 2. The van der Waals surface area contributed by atoms with Crippen molar-refractivity contribution in [2.75, 3.05) is 26.8 Å². The lowest BCUT2D eigenvalue weighted by Crippen LogP contribution is -2.30. The summed E-state index contributed by atoms with van der Waals surface area (Å²) < 4.78 is 5.52. The number of nitrogens with two attached hydrogens (primary N) is 1. The number of carbonyl (C=O) groups excluding carboxylic acids is 1. The molecule has 1 aromatic rings. The average molecular weight is 297 g/mol. The summed E-state index contributed by atoms with van der Waals surface area (Å²) in [6, 6.07) is 1.94. The first-order valence-electron chi connectivity index (χ1n) is 6.96. The van der Waals surface area contributed by atoms with Crippen molar-refractivity contribution in [1.29, 1.82) is 0 Å². The van der Waals surface area contributed by atoms with Crippen LogP contribution >= 0.6 is 11.3 Å². The molecule has 0 spiro atoms. The van der Waals surface area contributed by atoms with Gasteiger partial charge in [-0.3, -0.25) is 10.2 Å². The Morgan fingerprint density at radius 2 is 2.45 bits per heavy atom. The van der Waals surface area contributed by atoms with Crippen molar-refractivity contribution in [1.82, 2.24) is 10.3 Å². The number of hydrogen-bond acceptors (Lipinski definition) is 5. The fourth-order valence-electron chi connectivity index (χ4n) is 2.61. The molecular formula is C14H23N3O2S. The van der Waals surface area contributed by atoms with Crippen molar-refractivity contribution < 1.29 is 9.53 Å². The molecule has 1 amide bonds. The van der Waals surface area contributed by atoms with E-state index in [1.54, 1.807) is 0 Å². The summed E-state index contributed by atoms with van der Waals surface area (Å²) in [5, 5.41) is 0. The Labute approximate surface area is 124 Å². The molecule has 1 fully saturated rings. The Balaban J connectivity index is 1.91. The number of nitrogens with zero attached hydrogens (tertiary/aromatic N) is 1. The van der Waals surface area contributed by atoms with E-state index in [9.17, 15) is 4.79 Å². The fraction of sp³-hybridized carbons (Fsp3) is 0.643. The molecule has 1 aliphatic rings. The number of nitrogens with one attached hydrogen (secondary N) is 1. The van der Waals surface area contributed by atoms with Crippen LogP contribution in [0.1, 0.15) is 33.0 Å². The van der Waals surface area contributed by atoms with Gasteiger partial charge in [0.2, 0.25) is 0 Å². The van der Waals surface area contributed by atoms with E-state index in [0.717, 1.165) is 32.7 Å². The molecule has 1 aliphatic heterocycles. The van der Waals surface area contributed by atoms with Gasteiger partial charge in [-0.2, -0.15) is 0 Å². The molecule has 1 unspecified atom stereocenters. The normalized spacial score (nSPS) is 19.3. The van der Waals surface area contributed by atoms with Gasteiger partial charge in [0.1, 0.15) is 0 Å². The molecule has 5 nitrogen and oxygen atoms in total. The van der Waals surface area contributed by atoms with Crippen LogP contribution in [0.25, 0.3) is 0 Å². The minimum absolute atomic E-state index is 0.215. The van der Waals surface area contributed by atoms with E-state index in [0.29, 0.717) is 10.8 Å². The van der Waals surface area contributed by atoms with E-state index in [4.69, 9.17) is 10.6 Å². The lowest BCUT2D eigenvalue weighted by Gasteiger charge is -2.27. The number of nitrogen functional groups attached to an aromatic ring is 1. The first-order valence-corrected chi connectivity index (χ1v) is 7.78.